The maximum atomic E-state index is 6.22. The molecule has 41 heavy (non-hydrogen) atoms. The average Bonchev–Trinajstić information content (AvgIpc) is 3.60. The zero-order valence-electron chi connectivity index (χ0n) is 22.6. The fraction of sp³-hybridized carbons (Fsp3) is 0.108. The van der Waals surface area contributed by atoms with Crippen LogP contribution in [-0.2, 0) is 0 Å². The lowest BCUT2D eigenvalue weighted by atomic mass is 9.88. The third-order valence-electron chi connectivity index (χ3n) is 8.30. The van der Waals surface area contributed by atoms with Gasteiger partial charge < -0.3 is 9.84 Å². The Bertz CT molecular complexity index is 2040. The van der Waals surface area contributed by atoms with Gasteiger partial charge in [-0.25, -0.2) is 0 Å². The van der Waals surface area contributed by atoms with Crippen molar-refractivity contribution in [3.05, 3.63) is 150 Å². The smallest absolute Gasteiger partial charge is 0.135 e. The van der Waals surface area contributed by atoms with E-state index in [2.05, 4.69) is 127 Å². The molecular weight excluding hydrogens is 502 g/mol. The molecular formula is C37H29N3O. The topological polar surface area (TPSA) is 43.0 Å². The van der Waals surface area contributed by atoms with Gasteiger partial charge in [-0.05, 0) is 59.4 Å². The summed E-state index contributed by atoms with van der Waals surface area (Å²) in [6.45, 7) is 0. The fourth-order valence-corrected chi connectivity index (χ4v) is 6.26. The molecule has 2 aliphatic rings. The second kappa shape index (κ2) is 9.83. The van der Waals surface area contributed by atoms with Gasteiger partial charge in [-0.15, -0.1) is 0 Å². The highest BCUT2D eigenvalue weighted by molar-refractivity contribution is 6.05. The Morgan fingerprint density at radius 1 is 0.756 bits per heavy atom. The van der Waals surface area contributed by atoms with E-state index in [1.165, 1.54) is 22.3 Å². The Balaban J connectivity index is 1.15. The Kier molecular flexibility index (Phi) is 5.70. The number of aromatic nitrogens is 2. The summed E-state index contributed by atoms with van der Waals surface area (Å²) in [5.41, 5.74) is 12.7. The van der Waals surface area contributed by atoms with E-state index in [0.717, 1.165) is 51.4 Å². The van der Waals surface area contributed by atoms with Gasteiger partial charge >= 0.3 is 0 Å². The summed E-state index contributed by atoms with van der Waals surface area (Å²) >= 11 is 0. The fourth-order valence-electron chi connectivity index (χ4n) is 6.26. The van der Waals surface area contributed by atoms with Crippen molar-refractivity contribution in [1.29, 1.82) is 0 Å². The molecule has 2 aliphatic carbocycles. The number of allylic oxidation sites excluding steroid dienone is 6. The first-order valence-corrected chi connectivity index (χ1v) is 14.3. The number of nitrogens with zero attached hydrogens (tertiary/aromatic N) is 2. The minimum absolute atomic E-state index is 0.0260. The van der Waals surface area contributed by atoms with Gasteiger partial charge in [0.1, 0.15) is 11.2 Å². The molecule has 0 fully saturated rings. The molecule has 198 valence electrons. The van der Waals surface area contributed by atoms with Crippen LogP contribution in [0.4, 0.5) is 0 Å². The first-order chi connectivity index (χ1) is 20.3. The van der Waals surface area contributed by atoms with Gasteiger partial charge in [-0.2, -0.15) is 9.89 Å². The van der Waals surface area contributed by atoms with Crippen LogP contribution in [0.25, 0.3) is 44.0 Å². The summed E-state index contributed by atoms with van der Waals surface area (Å²) in [6.07, 6.45) is 15.3. The lowest BCUT2D eigenvalue weighted by molar-refractivity contribution is 0.633. The highest BCUT2D eigenvalue weighted by atomic mass is 16.3. The zero-order chi connectivity index (χ0) is 27.2. The van der Waals surface area contributed by atoms with E-state index in [1.54, 1.807) is 0 Å². The third-order valence-corrected chi connectivity index (χ3v) is 8.30. The van der Waals surface area contributed by atoms with Crippen molar-refractivity contribution in [2.75, 3.05) is 5.43 Å². The predicted octanol–water partition coefficient (Wildman–Crippen LogP) is 9.02. The number of hydrogen-bond acceptors (Lipinski definition) is 3. The van der Waals surface area contributed by atoms with Gasteiger partial charge in [0.2, 0.25) is 0 Å². The molecule has 4 nitrogen and oxygen atoms in total. The molecule has 0 radical (unpaired) electrons. The quantitative estimate of drug-likeness (QED) is 0.241. The maximum absolute atomic E-state index is 6.22. The molecule has 2 unspecified atom stereocenters. The van der Waals surface area contributed by atoms with Crippen LogP contribution in [0.1, 0.15) is 35.6 Å². The van der Waals surface area contributed by atoms with E-state index in [1.807, 2.05) is 16.9 Å². The van der Waals surface area contributed by atoms with Gasteiger partial charge in [-0.1, -0.05) is 109 Å². The van der Waals surface area contributed by atoms with E-state index in [4.69, 9.17) is 9.52 Å². The van der Waals surface area contributed by atoms with Crippen LogP contribution in [-0.4, -0.2) is 15.9 Å². The Morgan fingerprint density at radius 3 is 2.46 bits per heavy atom. The highest BCUT2D eigenvalue weighted by Gasteiger charge is 2.24. The molecule has 6 aromatic rings. The molecule has 2 atom stereocenters. The molecule has 0 saturated carbocycles. The van der Waals surface area contributed by atoms with E-state index in [9.17, 15) is 0 Å². The first-order valence-electron chi connectivity index (χ1n) is 14.3. The maximum Gasteiger partial charge on any atom is 0.135 e. The SMILES string of the molecule is C1=CC(Nn2nc(C3=CC(c4ccccc4)=CCC3)c3ccccc32)C(c2ccc3c(c2)oc2ccccc23)C=C1. The van der Waals surface area contributed by atoms with Crippen LogP contribution in [0, 0.1) is 0 Å². The second-order valence-corrected chi connectivity index (χ2v) is 10.8. The van der Waals surface area contributed by atoms with Crippen molar-refractivity contribution in [3.8, 4) is 0 Å². The minimum atomic E-state index is 0.0260. The third kappa shape index (κ3) is 4.20. The van der Waals surface area contributed by atoms with Crippen LogP contribution < -0.4 is 5.43 Å². The van der Waals surface area contributed by atoms with Gasteiger partial charge in [0.25, 0.3) is 0 Å². The average molecular weight is 532 g/mol. The Labute approximate surface area is 238 Å². The van der Waals surface area contributed by atoms with E-state index < -0.39 is 0 Å². The van der Waals surface area contributed by atoms with Crippen molar-refractivity contribution in [2.24, 2.45) is 0 Å². The largest absolute Gasteiger partial charge is 0.456 e. The number of benzene rings is 4. The van der Waals surface area contributed by atoms with Crippen LogP contribution in [0.2, 0.25) is 0 Å². The number of nitrogens with one attached hydrogen (secondary N) is 1. The molecule has 2 heterocycles. The normalized spacial score (nSPS) is 18.6. The van der Waals surface area contributed by atoms with E-state index in [-0.39, 0.29) is 12.0 Å². The summed E-state index contributed by atoms with van der Waals surface area (Å²) in [4.78, 5) is 1.98. The van der Waals surface area contributed by atoms with Gasteiger partial charge in [0, 0.05) is 22.1 Å². The molecule has 0 saturated heterocycles. The van der Waals surface area contributed by atoms with Crippen molar-refractivity contribution >= 4 is 44.0 Å². The number of rotatable bonds is 5. The monoisotopic (exact) mass is 531 g/mol. The lowest BCUT2D eigenvalue weighted by Gasteiger charge is -2.26. The molecule has 4 aromatic carbocycles. The first kappa shape index (κ1) is 23.8. The molecule has 2 aromatic heterocycles. The summed E-state index contributed by atoms with van der Waals surface area (Å²) in [6, 6.07) is 34.0. The van der Waals surface area contributed by atoms with Crippen molar-refractivity contribution in [3.63, 3.8) is 0 Å². The van der Waals surface area contributed by atoms with Gasteiger partial charge in [0.05, 0.1) is 17.3 Å². The second-order valence-electron chi connectivity index (χ2n) is 10.8. The van der Waals surface area contributed by atoms with Crippen LogP contribution in [0.5, 0.6) is 0 Å². The number of fused-ring (bicyclic) bond motifs is 4. The van der Waals surface area contributed by atoms with Crippen LogP contribution in [0.15, 0.2) is 138 Å². The Morgan fingerprint density at radius 2 is 1.54 bits per heavy atom. The number of furan rings is 1. The molecule has 0 spiro atoms. The molecule has 0 amide bonds. The van der Waals surface area contributed by atoms with E-state index in [0.29, 0.717) is 0 Å². The van der Waals surface area contributed by atoms with Crippen molar-refractivity contribution in [2.45, 2.75) is 24.8 Å². The minimum Gasteiger partial charge on any atom is -0.456 e. The molecule has 0 aliphatic heterocycles. The summed E-state index contributed by atoms with van der Waals surface area (Å²) in [5.74, 6) is 0.130. The van der Waals surface area contributed by atoms with Crippen molar-refractivity contribution in [1.82, 2.24) is 9.89 Å². The standard InChI is InChI=1S/C37H29N3O/c1-2-11-25(12-3-1)26-13-10-14-28(23-26)37-32-17-5-8-19-34(32)40(39-37)38-33-18-7-4-15-29(33)27-21-22-31-30-16-6-9-20-35(30)41-36(31)24-27/h1-9,11-13,15-24,29,33,38H,10,14H2. The molecule has 8 rings (SSSR count). The van der Waals surface area contributed by atoms with Gasteiger partial charge in [0.15, 0.2) is 0 Å². The van der Waals surface area contributed by atoms with Gasteiger partial charge in [-0.3, -0.25) is 0 Å². The molecule has 1 N–H and O–H groups in total. The summed E-state index contributed by atoms with van der Waals surface area (Å²) in [7, 11) is 0. The summed E-state index contributed by atoms with van der Waals surface area (Å²) in [5, 5.41) is 8.64. The van der Waals surface area contributed by atoms with Crippen molar-refractivity contribution < 1.29 is 4.42 Å². The zero-order valence-corrected chi connectivity index (χ0v) is 22.6. The molecule has 4 heteroatoms. The van der Waals surface area contributed by atoms with Crippen LogP contribution in [0.3, 0.4) is 0 Å². The van der Waals surface area contributed by atoms with E-state index >= 15 is 0 Å². The molecule has 0 bridgehead atoms. The highest BCUT2D eigenvalue weighted by Crippen LogP contribution is 2.36. The van der Waals surface area contributed by atoms with Crippen LogP contribution >= 0.6 is 0 Å². The summed E-state index contributed by atoms with van der Waals surface area (Å²) < 4.78 is 6.22. The lowest BCUT2D eigenvalue weighted by Crippen LogP contribution is -2.33. The number of para-hydroxylation sites is 2. The Hall–Kier alpha value is -5.09. The predicted molar refractivity (Wildman–Crippen MR) is 169 cm³/mol. The number of hydrogen-bond donors (Lipinski definition) is 1.